The number of urea groups is 1. The molecule has 1 heterocycles. The van der Waals surface area contributed by atoms with Crippen molar-refractivity contribution in [1.29, 1.82) is 0 Å². The van der Waals surface area contributed by atoms with Gasteiger partial charge in [-0.3, -0.25) is 0 Å². The summed E-state index contributed by atoms with van der Waals surface area (Å²) in [5, 5.41) is 2.59. The van der Waals surface area contributed by atoms with E-state index in [4.69, 9.17) is 4.42 Å². The van der Waals surface area contributed by atoms with Crippen LogP contribution in [0.3, 0.4) is 0 Å². The van der Waals surface area contributed by atoms with Crippen LogP contribution in [0.15, 0.2) is 22.6 Å². The molecule has 2 amide bonds. The molecule has 0 aliphatic heterocycles. The average Bonchev–Trinajstić information content (AvgIpc) is 2.74. The van der Waals surface area contributed by atoms with Crippen molar-refractivity contribution in [3.05, 3.63) is 29.7 Å². The Labute approximate surface area is 106 Å². The Kier molecular flexibility index (Phi) is 3.50. The summed E-state index contributed by atoms with van der Waals surface area (Å²) >= 11 is 0. The number of aryl methyl sites for hydroxylation is 1. The summed E-state index contributed by atoms with van der Waals surface area (Å²) < 4.78 is 5.42. The summed E-state index contributed by atoms with van der Waals surface area (Å²) in [6.45, 7) is 2.50. The standard InChI is InChI=1S/C13H17N3O2/c1-9-15-11-8-10(4-5-12(11)18-9)6-7-16(3)13(17)14-2/h4-5,8H,6-7H2,1-3H3,(H,14,17). The molecule has 0 unspecified atom stereocenters. The first-order valence-electron chi connectivity index (χ1n) is 5.89. The minimum atomic E-state index is -0.0756. The van der Waals surface area contributed by atoms with Gasteiger partial charge in [-0.1, -0.05) is 6.07 Å². The first-order chi connectivity index (χ1) is 8.60. The lowest BCUT2D eigenvalue weighted by Crippen LogP contribution is -2.36. The van der Waals surface area contributed by atoms with E-state index < -0.39 is 0 Å². The second kappa shape index (κ2) is 5.08. The third-order valence-electron chi connectivity index (χ3n) is 2.86. The molecule has 1 aromatic heterocycles. The maximum atomic E-state index is 11.3. The van der Waals surface area contributed by atoms with E-state index in [9.17, 15) is 4.79 Å². The molecule has 5 nitrogen and oxygen atoms in total. The van der Waals surface area contributed by atoms with Crippen LogP contribution >= 0.6 is 0 Å². The number of aromatic nitrogens is 1. The van der Waals surface area contributed by atoms with E-state index in [1.54, 1.807) is 19.0 Å². The second-order valence-corrected chi connectivity index (χ2v) is 4.26. The molecule has 18 heavy (non-hydrogen) atoms. The Balaban J connectivity index is 2.05. The molecule has 1 aromatic carbocycles. The highest BCUT2D eigenvalue weighted by Gasteiger charge is 2.07. The van der Waals surface area contributed by atoms with E-state index in [-0.39, 0.29) is 6.03 Å². The van der Waals surface area contributed by atoms with Crippen LogP contribution in [0.25, 0.3) is 11.1 Å². The molecule has 0 saturated carbocycles. The molecule has 0 radical (unpaired) electrons. The van der Waals surface area contributed by atoms with Gasteiger partial charge in [-0.25, -0.2) is 9.78 Å². The first kappa shape index (κ1) is 12.4. The zero-order valence-electron chi connectivity index (χ0n) is 10.9. The number of nitrogens with one attached hydrogen (secondary N) is 1. The van der Waals surface area contributed by atoms with Crippen LogP contribution < -0.4 is 5.32 Å². The average molecular weight is 247 g/mol. The third kappa shape index (κ3) is 2.61. The molecule has 1 N–H and O–H groups in total. The van der Waals surface area contributed by atoms with Gasteiger partial charge in [0.05, 0.1) is 0 Å². The maximum Gasteiger partial charge on any atom is 0.316 e. The lowest BCUT2D eigenvalue weighted by molar-refractivity contribution is 0.211. The number of carbonyl (C=O) groups is 1. The predicted molar refractivity (Wildman–Crippen MR) is 69.5 cm³/mol. The normalized spacial score (nSPS) is 10.6. The summed E-state index contributed by atoms with van der Waals surface area (Å²) in [4.78, 5) is 17.3. The SMILES string of the molecule is CNC(=O)N(C)CCc1ccc2oc(C)nc2c1. The molecule has 96 valence electrons. The number of hydrogen-bond acceptors (Lipinski definition) is 3. The molecular weight excluding hydrogens is 230 g/mol. The molecule has 0 spiro atoms. The van der Waals surface area contributed by atoms with Gasteiger partial charge in [-0.2, -0.15) is 0 Å². The maximum absolute atomic E-state index is 11.3. The van der Waals surface area contributed by atoms with Crippen LogP contribution in [0.2, 0.25) is 0 Å². The number of fused-ring (bicyclic) bond motifs is 1. The number of hydrogen-bond donors (Lipinski definition) is 1. The first-order valence-corrected chi connectivity index (χ1v) is 5.89. The van der Waals surface area contributed by atoms with Gasteiger partial charge in [0.25, 0.3) is 0 Å². The number of oxazole rings is 1. The summed E-state index contributed by atoms with van der Waals surface area (Å²) in [7, 11) is 3.40. The van der Waals surface area contributed by atoms with Crippen LogP contribution in [-0.2, 0) is 6.42 Å². The fourth-order valence-electron chi connectivity index (χ4n) is 1.83. The van der Waals surface area contributed by atoms with E-state index in [1.165, 1.54) is 0 Å². The summed E-state index contributed by atoms with van der Waals surface area (Å²) in [6, 6.07) is 5.85. The van der Waals surface area contributed by atoms with Crippen molar-refractivity contribution < 1.29 is 9.21 Å². The topological polar surface area (TPSA) is 58.4 Å². The van der Waals surface area contributed by atoms with Crippen LogP contribution in [-0.4, -0.2) is 36.6 Å². The number of nitrogens with zero attached hydrogens (tertiary/aromatic N) is 2. The van der Waals surface area contributed by atoms with Crippen LogP contribution in [0.4, 0.5) is 4.79 Å². The van der Waals surface area contributed by atoms with Gasteiger partial charge < -0.3 is 14.6 Å². The minimum Gasteiger partial charge on any atom is -0.441 e. The molecule has 2 rings (SSSR count). The highest BCUT2D eigenvalue weighted by atomic mass is 16.3. The highest BCUT2D eigenvalue weighted by Crippen LogP contribution is 2.17. The Morgan fingerprint density at radius 3 is 3.00 bits per heavy atom. The quantitative estimate of drug-likeness (QED) is 0.901. The fraction of sp³-hybridized carbons (Fsp3) is 0.385. The zero-order chi connectivity index (χ0) is 13.1. The smallest absolute Gasteiger partial charge is 0.316 e. The largest absolute Gasteiger partial charge is 0.441 e. The summed E-state index contributed by atoms with van der Waals surface area (Å²) in [5.74, 6) is 0.671. The molecule has 5 heteroatoms. The molecule has 0 fully saturated rings. The Hall–Kier alpha value is -2.04. The highest BCUT2D eigenvalue weighted by molar-refractivity contribution is 5.74. The molecule has 0 aliphatic carbocycles. The zero-order valence-corrected chi connectivity index (χ0v) is 10.9. The number of rotatable bonds is 3. The van der Waals surface area contributed by atoms with Crippen molar-refractivity contribution in [2.75, 3.05) is 20.6 Å². The van der Waals surface area contributed by atoms with Gasteiger partial charge in [0.1, 0.15) is 5.52 Å². The van der Waals surface area contributed by atoms with Crippen molar-refractivity contribution in [1.82, 2.24) is 15.2 Å². The van der Waals surface area contributed by atoms with Gasteiger partial charge in [0.2, 0.25) is 0 Å². The van der Waals surface area contributed by atoms with Crippen molar-refractivity contribution >= 4 is 17.1 Å². The lowest BCUT2D eigenvalue weighted by atomic mass is 10.1. The molecule has 0 aliphatic rings. The van der Waals surface area contributed by atoms with E-state index in [1.807, 2.05) is 25.1 Å². The van der Waals surface area contributed by atoms with Crippen molar-refractivity contribution in [3.63, 3.8) is 0 Å². The monoisotopic (exact) mass is 247 g/mol. The molecule has 0 saturated heterocycles. The van der Waals surface area contributed by atoms with Crippen LogP contribution in [0.5, 0.6) is 0 Å². The Bertz CT molecular complexity index is 562. The molecule has 2 aromatic rings. The Morgan fingerprint density at radius 1 is 1.50 bits per heavy atom. The van der Waals surface area contributed by atoms with Gasteiger partial charge in [-0.15, -0.1) is 0 Å². The number of likely N-dealkylation sites (N-methyl/N-ethyl adjacent to an activating group) is 1. The number of amides is 2. The molecule has 0 bridgehead atoms. The summed E-state index contributed by atoms with van der Waals surface area (Å²) in [6.07, 6.45) is 0.797. The van der Waals surface area contributed by atoms with E-state index in [2.05, 4.69) is 10.3 Å². The second-order valence-electron chi connectivity index (χ2n) is 4.26. The number of carbonyl (C=O) groups excluding carboxylic acids is 1. The fourth-order valence-corrected chi connectivity index (χ4v) is 1.83. The van der Waals surface area contributed by atoms with Gasteiger partial charge in [-0.05, 0) is 24.1 Å². The van der Waals surface area contributed by atoms with Crippen molar-refractivity contribution in [2.45, 2.75) is 13.3 Å². The van der Waals surface area contributed by atoms with Crippen molar-refractivity contribution in [3.8, 4) is 0 Å². The van der Waals surface area contributed by atoms with E-state index in [0.29, 0.717) is 12.4 Å². The third-order valence-corrected chi connectivity index (χ3v) is 2.86. The lowest BCUT2D eigenvalue weighted by Gasteiger charge is -2.16. The Morgan fingerprint density at radius 2 is 2.28 bits per heavy atom. The van der Waals surface area contributed by atoms with Crippen LogP contribution in [0, 0.1) is 6.92 Å². The molecular formula is C13H17N3O2. The predicted octanol–water partition coefficient (Wildman–Crippen LogP) is 1.95. The van der Waals surface area contributed by atoms with Gasteiger partial charge in [0.15, 0.2) is 11.5 Å². The van der Waals surface area contributed by atoms with E-state index in [0.717, 1.165) is 23.1 Å². The van der Waals surface area contributed by atoms with Gasteiger partial charge >= 0.3 is 6.03 Å². The van der Waals surface area contributed by atoms with E-state index >= 15 is 0 Å². The summed E-state index contributed by atoms with van der Waals surface area (Å²) in [5.41, 5.74) is 2.81. The number of benzene rings is 1. The minimum absolute atomic E-state index is 0.0756. The van der Waals surface area contributed by atoms with Crippen LogP contribution in [0.1, 0.15) is 11.5 Å². The van der Waals surface area contributed by atoms with Gasteiger partial charge in [0, 0.05) is 27.6 Å². The molecule has 0 atom stereocenters. The van der Waals surface area contributed by atoms with Crippen molar-refractivity contribution in [2.24, 2.45) is 0 Å².